The fourth-order valence-electron chi connectivity index (χ4n) is 3.83. The van der Waals surface area contributed by atoms with Crippen molar-refractivity contribution in [1.82, 2.24) is 9.97 Å². The summed E-state index contributed by atoms with van der Waals surface area (Å²) in [6.45, 7) is 10.4. The van der Waals surface area contributed by atoms with Gasteiger partial charge in [-0.1, -0.05) is 44.0 Å². The van der Waals surface area contributed by atoms with E-state index in [0.717, 1.165) is 10.9 Å². The highest BCUT2D eigenvalue weighted by Gasteiger charge is 2.19. The van der Waals surface area contributed by atoms with Crippen molar-refractivity contribution in [3.63, 3.8) is 0 Å². The number of ether oxygens (including phenoxy) is 2. The van der Waals surface area contributed by atoms with Crippen LogP contribution in [0.4, 0.5) is 0 Å². The first-order valence-electron chi connectivity index (χ1n) is 12.0. The molecule has 1 aromatic heterocycles. The minimum absolute atomic E-state index is 0.132. The maximum atomic E-state index is 13.4. The van der Waals surface area contributed by atoms with Crippen molar-refractivity contribution < 1.29 is 14.3 Å². The van der Waals surface area contributed by atoms with Crippen molar-refractivity contribution in [3.05, 3.63) is 83.7 Å². The average Bonchev–Trinajstić information content (AvgIpc) is 2.86. The number of ketones is 1. The van der Waals surface area contributed by atoms with E-state index in [1.54, 1.807) is 30.3 Å². The molecule has 0 spiro atoms. The Hall–Kier alpha value is -4.17. The van der Waals surface area contributed by atoms with Crippen LogP contribution in [-0.4, -0.2) is 28.0 Å². The van der Waals surface area contributed by atoms with Crippen LogP contribution in [0.3, 0.4) is 0 Å². The first-order chi connectivity index (χ1) is 17.1. The SMILES string of the molecule is C#CCOc1ccc2nc(C(=O)c3ccc(OC(C)(C)C)cc3)nc(-c3ccc(C(C)C)cc3)c2c1. The van der Waals surface area contributed by atoms with Crippen LogP contribution in [0.25, 0.3) is 22.2 Å². The van der Waals surface area contributed by atoms with Crippen LogP contribution in [0.2, 0.25) is 0 Å². The van der Waals surface area contributed by atoms with Crippen LogP contribution in [0.1, 0.15) is 62.3 Å². The highest BCUT2D eigenvalue weighted by atomic mass is 16.5. The second-order valence-electron chi connectivity index (χ2n) is 9.91. The Bertz CT molecular complexity index is 1420. The molecule has 0 aliphatic carbocycles. The molecule has 0 saturated carbocycles. The van der Waals surface area contributed by atoms with Gasteiger partial charge in [0.1, 0.15) is 23.7 Å². The molecule has 0 fully saturated rings. The number of carbonyl (C=O) groups is 1. The van der Waals surface area contributed by atoms with Gasteiger partial charge >= 0.3 is 0 Å². The molecule has 0 aliphatic heterocycles. The van der Waals surface area contributed by atoms with Crippen LogP contribution in [-0.2, 0) is 0 Å². The smallest absolute Gasteiger partial charge is 0.230 e. The van der Waals surface area contributed by atoms with Gasteiger partial charge in [-0.3, -0.25) is 4.79 Å². The normalized spacial score (nSPS) is 11.4. The molecule has 0 atom stereocenters. The molecule has 36 heavy (non-hydrogen) atoms. The highest BCUT2D eigenvalue weighted by molar-refractivity contribution is 6.08. The molecule has 0 saturated heterocycles. The van der Waals surface area contributed by atoms with Gasteiger partial charge in [0.15, 0.2) is 0 Å². The van der Waals surface area contributed by atoms with E-state index in [1.165, 1.54) is 5.56 Å². The Morgan fingerprint density at radius 3 is 2.22 bits per heavy atom. The van der Waals surface area contributed by atoms with Gasteiger partial charge in [-0.25, -0.2) is 9.97 Å². The van der Waals surface area contributed by atoms with Crippen LogP contribution in [0.5, 0.6) is 11.5 Å². The van der Waals surface area contributed by atoms with Gasteiger partial charge < -0.3 is 9.47 Å². The summed E-state index contributed by atoms with van der Waals surface area (Å²) >= 11 is 0. The maximum Gasteiger partial charge on any atom is 0.230 e. The third-order valence-electron chi connectivity index (χ3n) is 5.58. The Morgan fingerprint density at radius 1 is 0.944 bits per heavy atom. The second kappa shape index (κ2) is 10.2. The summed E-state index contributed by atoms with van der Waals surface area (Å²) in [6.07, 6.45) is 5.35. The zero-order chi connectivity index (χ0) is 25.9. The molecule has 0 unspecified atom stereocenters. The first kappa shape index (κ1) is 24.9. The van der Waals surface area contributed by atoms with Crippen molar-refractivity contribution in [2.24, 2.45) is 0 Å². The molecular weight excluding hydrogens is 448 g/mol. The number of terminal acetylenes is 1. The fourth-order valence-corrected chi connectivity index (χ4v) is 3.83. The van der Waals surface area contributed by atoms with E-state index < -0.39 is 0 Å². The number of hydrogen-bond acceptors (Lipinski definition) is 5. The quantitative estimate of drug-likeness (QED) is 0.215. The third kappa shape index (κ3) is 5.72. The maximum absolute atomic E-state index is 13.4. The first-order valence-corrected chi connectivity index (χ1v) is 12.0. The number of nitrogens with zero attached hydrogens (tertiary/aromatic N) is 2. The van der Waals surface area contributed by atoms with Crippen molar-refractivity contribution in [2.75, 3.05) is 6.61 Å². The topological polar surface area (TPSA) is 61.3 Å². The lowest BCUT2D eigenvalue weighted by molar-refractivity contribution is 0.102. The Balaban J connectivity index is 1.78. The van der Waals surface area contributed by atoms with E-state index in [9.17, 15) is 4.79 Å². The Kier molecular flexibility index (Phi) is 7.07. The molecule has 0 N–H and O–H groups in total. The average molecular weight is 479 g/mol. The predicted molar refractivity (Wildman–Crippen MR) is 144 cm³/mol. The number of benzene rings is 3. The zero-order valence-corrected chi connectivity index (χ0v) is 21.3. The molecule has 4 aromatic rings. The molecule has 0 bridgehead atoms. The van der Waals surface area contributed by atoms with E-state index in [4.69, 9.17) is 20.9 Å². The molecule has 5 nitrogen and oxygen atoms in total. The monoisotopic (exact) mass is 478 g/mol. The molecule has 0 aliphatic rings. The number of hydrogen-bond donors (Lipinski definition) is 0. The molecule has 182 valence electrons. The van der Waals surface area contributed by atoms with Crippen LogP contribution >= 0.6 is 0 Å². The van der Waals surface area contributed by atoms with Crippen molar-refractivity contribution in [3.8, 4) is 35.1 Å². The molecular formula is C31H30N2O3. The summed E-state index contributed by atoms with van der Waals surface area (Å²) in [5.74, 6) is 4.08. The lowest BCUT2D eigenvalue weighted by Gasteiger charge is -2.21. The molecule has 0 amide bonds. The van der Waals surface area contributed by atoms with Crippen molar-refractivity contribution in [1.29, 1.82) is 0 Å². The lowest BCUT2D eigenvalue weighted by Crippen LogP contribution is -2.22. The zero-order valence-electron chi connectivity index (χ0n) is 21.3. The summed E-state index contributed by atoms with van der Waals surface area (Å²) in [7, 11) is 0. The summed E-state index contributed by atoms with van der Waals surface area (Å²) in [4.78, 5) is 22.7. The van der Waals surface area contributed by atoms with E-state index in [0.29, 0.717) is 34.2 Å². The van der Waals surface area contributed by atoms with E-state index in [1.807, 2.05) is 45.0 Å². The van der Waals surface area contributed by atoms with Crippen molar-refractivity contribution in [2.45, 2.75) is 46.1 Å². The number of fused-ring (bicyclic) bond motifs is 1. The molecule has 5 heteroatoms. The van der Waals surface area contributed by atoms with E-state index >= 15 is 0 Å². The molecule has 3 aromatic carbocycles. The standard InChI is InChI=1S/C31H30N2O3/c1-7-18-35-25-16-17-27-26(19-25)28(22-10-8-21(9-11-22)20(2)3)33-30(32-27)29(34)23-12-14-24(15-13-23)36-31(4,5)6/h1,8-17,19-20H,18H2,2-6H3. The molecule has 0 radical (unpaired) electrons. The third-order valence-corrected chi connectivity index (χ3v) is 5.58. The van der Waals surface area contributed by atoms with Crippen LogP contribution in [0.15, 0.2) is 66.7 Å². The summed E-state index contributed by atoms with van der Waals surface area (Å²) in [5.41, 5.74) is 3.60. The van der Waals surface area contributed by atoms with Gasteiger partial charge in [0.05, 0.1) is 11.2 Å². The lowest BCUT2D eigenvalue weighted by atomic mass is 9.99. The second-order valence-corrected chi connectivity index (χ2v) is 9.91. The van der Waals surface area contributed by atoms with Crippen LogP contribution in [0, 0.1) is 12.3 Å². The highest BCUT2D eigenvalue weighted by Crippen LogP contribution is 2.31. The van der Waals surface area contributed by atoms with Gasteiger partial charge in [0.2, 0.25) is 11.6 Å². The number of rotatable bonds is 7. The Morgan fingerprint density at radius 2 is 1.61 bits per heavy atom. The van der Waals surface area contributed by atoms with Crippen molar-refractivity contribution >= 4 is 16.7 Å². The largest absolute Gasteiger partial charge is 0.488 e. The van der Waals surface area contributed by atoms with Gasteiger partial charge in [-0.15, -0.1) is 6.42 Å². The molecule has 1 heterocycles. The van der Waals surface area contributed by atoms with Gasteiger partial charge in [-0.05, 0) is 74.7 Å². The summed E-state index contributed by atoms with van der Waals surface area (Å²) in [5, 5.41) is 0.785. The predicted octanol–water partition coefficient (Wildman–Crippen LogP) is 6.84. The minimum atomic E-state index is -0.324. The van der Waals surface area contributed by atoms with E-state index in [-0.39, 0.29) is 23.8 Å². The van der Waals surface area contributed by atoms with Gasteiger partial charge in [0.25, 0.3) is 0 Å². The fraction of sp³-hybridized carbons (Fsp3) is 0.258. The Labute approximate surface area is 212 Å². The minimum Gasteiger partial charge on any atom is -0.488 e. The summed E-state index contributed by atoms with van der Waals surface area (Å²) in [6, 6.07) is 20.8. The number of aromatic nitrogens is 2. The van der Waals surface area contributed by atoms with Gasteiger partial charge in [0, 0.05) is 16.5 Å². The number of carbonyl (C=O) groups excluding carboxylic acids is 1. The summed E-state index contributed by atoms with van der Waals surface area (Å²) < 4.78 is 11.5. The van der Waals surface area contributed by atoms with Crippen LogP contribution < -0.4 is 9.47 Å². The van der Waals surface area contributed by atoms with E-state index in [2.05, 4.69) is 36.9 Å². The molecule has 4 rings (SSSR count). The van der Waals surface area contributed by atoms with Gasteiger partial charge in [-0.2, -0.15) is 0 Å².